The number of hydrogen-bond donors (Lipinski definition) is 1. The summed E-state index contributed by atoms with van der Waals surface area (Å²) in [5, 5.41) is 6.73. The molecule has 0 aliphatic heterocycles. The molecule has 1 aromatic heterocycles. The zero-order chi connectivity index (χ0) is 9.97. The van der Waals surface area contributed by atoms with Crippen molar-refractivity contribution in [3.8, 4) is 0 Å². The minimum absolute atomic E-state index is 0.664. The van der Waals surface area contributed by atoms with Crippen LogP contribution in [0.25, 0.3) is 0 Å². The van der Waals surface area contributed by atoms with Gasteiger partial charge in [-0.1, -0.05) is 6.92 Å². The summed E-state index contributed by atoms with van der Waals surface area (Å²) in [7, 11) is 0. The van der Waals surface area contributed by atoms with Crippen LogP contribution in [0.4, 0.5) is 5.13 Å². The Morgan fingerprint density at radius 1 is 1.36 bits per heavy atom. The predicted octanol–water partition coefficient (Wildman–Crippen LogP) is 3.44. The average Bonchev–Trinajstić information content (AvgIpc) is 2.56. The highest BCUT2D eigenvalue weighted by Gasteiger charge is 2.18. The van der Waals surface area contributed by atoms with E-state index in [0.29, 0.717) is 6.04 Å². The first-order valence-electron chi connectivity index (χ1n) is 5.42. The van der Waals surface area contributed by atoms with Crippen molar-refractivity contribution in [1.29, 1.82) is 0 Å². The summed E-state index contributed by atoms with van der Waals surface area (Å²) in [4.78, 5) is 4.43. The highest BCUT2D eigenvalue weighted by atomic mass is 32.1. The molecule has 0 aromatic carbocycles. The molecule has 1 N–H and O–H groups in total. The zero-order valence-corrected chi connectivity index (χ0v) is 9.73. The lowest BCUT2D eigenvalue weighted by Crippen LogP contribution is -2.25. The van der Waals surface area contributed by atoms with E-state index in [1.807, 2.05) is 6.92 Å². The second-order valence-electron chi connectivity index (χ2n) is 4.40. The van der Waals surface area contributed by atoms with Crippen molar-refractivity contribution in [3.63, 3.8) is 0 Å². The molecule has 0 amide bonds. The van der Waals surface area contributed by atoms with E-state index in [0.717, 1.165) is 16.7 Å². The molecule has 14 heavy (non-hydrogen) atoms. The van der Waals surface area contributed by atoms with Gasteiger partial charge in [0.2, 0.25) is 0 Å². The largest absolute Gasteiger partial charge is 0.359 e. The summed E-state index contributed by atoms with van der Waals surface area (Å²) in [6.07, 6.45) is 5.34. The molecule has 0 unspecified atom stereocenters. The van der Waals surface area contributed by atoms with Crippen molar-refractivity contribution in [2.45, 2.75) is 45.6 Å². The molecule has 0 bridgehead atoms. The van der Waals surface area contributed by atoms with Crippen molar-refractivity contribution in [3.05, 3.63) is 11.1 Å². The van der Waals surface area contributed by atoms with Gasteiger partial charge >= 0.3 is 0 Å². The SMILES string of the molecule is Cc1csc(NC2CCC(C)CC2)n1. The Hall–Kier alpha value is -0.570. The monoisotopic (exact) mass is 210 g/mol. The second kappa shape index (κ2) is 4.30. The molecule has 1 aliphatic rings. The standard InChI is InChI=1S/C11H18N2S/c1-8-3-5-10(6-4-8)13-11-12-9(2)7-14-11/h7-8,10H,3-6H2,1-2H3,(H,12,13). The molecule has 78 valence electrons. The lowest BCUT2D eigenvalue weighted by Gasteiger charge is -2.26. The van der Waals surface area contributed by atoms with Crippen LogP contribution >= 0.6 is 11.3 Å². The number of nitrogens with one attached hydrogen (secondary N) is 1. The van der Waals surface area contributed by atoms with E-state index in [4.69, 9.17) is 0 Å². The van der Waals surface area contributed by atoms with Gasteiger partial charge in [0.05, 0.1) is 5.69 Å². The van der Waals surface area contributed by atoms with E-state index in [1.54, 1.807) is 11.3 Å². The number of aryl methyl sites for hydroxylation is 1. The van der Waals surface area contributed by atoms with Gasteiger partial charge in [-0.25, -0.2) is 4.98 Å². The number of aromatic nitrogens is 1. The number of thiazole rings is 1. The first-order valence-corrected chi connectivity index (χ1v) is 6.30. The number of nitrogens with zero attached hydrogens (tertiary/aromatic N) is 1. The molecule has 0 spiro atoms. The molecular formula is C11H18N2S. The third-order valence-corrected chi connectivity index (χ3v) is 3.85. The van der Waals surface area contributed by atoms with Crippen LogP contribution in [-0.4, -0.2) is 11.0 Å². The minimum Gasteiger partial charge on any atom is -0.359 e. The van der Waals surface area contributed by atoms with Crippen LogP contribution in [-0.2, 0) is 0 Å². The van der Waals surface area contributed by atoms with Gasteiger partial charge in [0.1, 0.15) is 0 Å². The van der Waals surface area contributed by atoms with Crippen molar-refractivity contribution in [2.24, 2.45) is 5.92 Å². The predicted molar refractivity (Wildman–Crippen MR) is 61.9 cm³/mol. The summed E-state index contributed by atoms with van der Waals surface area (Å²) in [6, 6.07) is 0.664. The summed E-state index contributed by atoms with van der Waals surface area (Å²) in [6.45, 7) is 4.40. The Labute approximate surface area is 89.8 Å². The van der Waals surface area contributed by atoms with Gasteiger partial charge in [-0.15, -0.1) is 11.3 Å². The highest BCUT2D eigenvalue weighted by Crippen LogP contribution is 2.26. The topological polar surface area (TPSA) is 24.9 Å². The van der Waals surface area contributed by atoms with E-state index in [2.05, 4.69) is 22.6 Å². The van der Waals surface area contributed by atoms with Gasteiger partial charge in [-0.3, -0.25) is 0 Å². The fourth-order valence-corrected chi connectivity index (χ4v) is 2.77. The first-order chi connectivity index (χ1) is 6.74. The van der Waals surface area contributed by atoms with Crippen LogP contribution in [0.2, 0.25) is 0 Å². The molecule has 2 rings (SSSR count). The quantitative estimate of drug-likeness (QED) is 0.808. The van der Waals surface area contributed by atoms with Crippen LogP contribution in [0.3, 0.4) is 0 Å². The number of rotatable bonds is 2. The highest BCUT2D eigenvalue weighted by molar-refractivity contribution is 7.13. The van der Waals surface area contributed by atoms with Crippen molar-refractivity contribution in [1.82, 2.24) is 4.98 Å². The number of hydrogen-bond acceptors (Lipinski definition) is 3. The molecular weight excluding hydrogens is 192 g/mol. The summed E-state index contributed by atoms with van der Waals surface area (Å²) >= 11 is 1.72. The van der Waals surface area contributed by atoms with Crippen LogP contribution in [0.15, 0.2) is 5.38 Å². The van der Waals surface area contributed by atoms with Gasteiger partial charge in [0.15, 0.2) is 5.13 Å². The molecule has 3 heteroatoms. The van der Waals surface area contributed by atoms with E-state index in [9.17, 15) is 0 Å². The van der Waals surface area contributed by atoms with Crippen LogP contribution < -0.4 is 5.32 Å². The average molecular weight is 210 g/mol. The van der Waals surface area contributed by atoms with Gasteiger partial charge in [0.25, 0.3) is 0 Å². The van der Waals surface area contributed by atoms with Crippen LogP contribution in [0.5, 0.6) is 0 Å². The zero-order valence-electron chi connectivity index (χ0n) is 8.92. The summed E-state index contributed by atoms with van der Waals surface area (Å²) in [5.41, 5.74) is 1.13. The fourth-order valence-electron chi connectivity index (χ4n) is 2.00. The Morgan fingerprint density at radius 3 is 2.64 bits per heavy atom. The third kappa shape index (κ3) is 2.47. The van der Waals surface area contributed by atoms with Gasteiger partial charge < -0.3 is 5.32 Å². The van der Waals surface area contributed by atoms with Crippen LogP contribution in [0, 0.1) is 12.8 Å². The maximum absolute atomic E-state index is 4.43. The molecule has 1 aromatic rings. The maximum Gasteiger partial charge on any atom is 0.183 e. The molecule has 0 atom stereocenters. The Kier molecular flexibility index (Phi) is 3.06. The van der Waals surface area contributed by atoms with Gasteiger partial charge in [-0.2, -0.15) is 0 Å². The van der Waals surface area contributed by atoms with E-state index < -0.39 is 0 Å². The summed E-state index contributed by atoms with van der Waals surface area (Å²) in [5.74, 6) is 0.922. The Morgan fingerprint density at radius 2 is 2.07 bits per heavy atom. The molecule has 1 aliphatic carbocycles. The van der Waals surface area contributed by atoms with Crippen molar-refractivity contribution >= 4 is 16.5 Å². The maximum atomic E-state index is 4.43. The Balaban J connectivity index is 1.86. The van der Waals surface area contributed by atoms with E-state index in [1.165, 1.54) is 25.7 Å². The smallest absolute Gasteiger partial charge is 0.183 e. The van der Waals surface area contributed by atoms with E-state index >= 15 is 0 Å². The molecule has 1 fully saturated rings. The lowest BCUT2D eigenvalue weighted by atomic mass is 9.87. The second-order valence-corrected chi connectivity index (χ2v) is 5.25. The normalized spacial score (nSPS) is 27.6. The minimum atomic E-state index is 0.664. The number of anilines is 1. The van der Waals surface area contributed by atoms with Gasteiger partial charge in [0, 0.05) is 11.4 Å². The molecule has 0 radical (unpaired) electrons. The fraction of sp³-hybridized carbons (Fsp3) is 0.727. The van der Waals surface area contributed by atoms with Crippen molar-refractivity contribution < 1.29 is 0 Å². The van der Waals surface area contributed by atoms with E-state index in [-0.39, 0.29) is 0 Å². The molecule has 1 heterocycles. The van der Waals surface area contributed by atoms with Gasteiger partial charge in [-0.05, 0) is 38.5 Å². The third-order valence-electron chi connectivity index (χ3n) is 2.96. The lowest BCUT2D eigenvalue weighted by molar-refractivity contribution is 0.361. The molecule has 1 saturated carbocycles. The molecule has 0 saturated heterocycles. The summed E-state index contributed by atoms with van der Waals surface area (Å²) < 4.78 is 0. The Bertz CT molecular complexity index is 287. The van der Waals surface area contributed by atoms with Crippen LogP contribution in [0.1, 0.15) is 38.3 Å². The first kappa shape index (κ1) is 9.97. The van der Waals surface area contributed by atoms with Crippen molar-refractivity contribution in [2.75, 3.05) is 5.32 Å². The molecule has 2 nitrogen and oxygen atoms in total.